The summed E-state index contributed by atoms with van der Waals surface area (Å²) in [5, 5.41) is 13.4. The molecule has 3 aromatic rings. The molecule has 0 saturated carbocycles. The molecule has 0 radical (unpaired) electrons. The fourth-order valence-electron chi connectivity index (χ4n) is 4.56. The van der Waals surface area contributed by atoms with Gasteiger partial charge in [-0.05, 0) is 50.4 Å². The molecule has 0 bridgehead atoms. The van der Waals surface area contributed by atoms with Crippen molar-refractivity contribution in [3.8, 4) is 11.9 Å². The fourth-order valence-corrected chi connectivity index (χ4v) is 4.84. The summed E-state index contributed by atoms with van der Waals surface area (Å²) in [5.74, 6) is 0.0328. The minimum absolute atomic E-state index is 0.0328. The first kappa shape index (κ1) is 19.4. The molecule has 0 aliphatic carbocycles. The summed E-state index contributed by atoms with van der Waals surface area (Å²) in [6.07, 6.45) is 2.97. The Balaban J connectivity index is 1.41. The second-order valence-electron chi connectivity index (χ2n) is 8.13. The summed E-state index contributed by atoms with van der Waals surface area (Å²) in [6.45, 7) is 2.97. The number of aromatic nitrogens is 2. The molecule has 1 fully saturated rings. The summed E-state index contributed by atoms with van der Waals surface area (Å²) in [6, 6.07) is 12.8. The first-order valence-electron chi connectivity index (χ1n) is 10.4. The number of likely N-dealkylation sites (N-methyl/N-ethyl adjacent to an activating group) is 1. The van der Waals surface area contributed by atoms with Gasteiger partial charge in [0.05, 0.1) is 17.3 Å². The summed E-state index contributed by atoms with van der Waals surface area (Å²) >= 11 is 6.53. The van der Waals surface area contributed by atoms with Crippen LogP contribution in [-0.2, 0) is 13.0 Å². The van der Waals surface area contributed by atoms with Gasteiger partial charge in [0.2, 0.25) is 5.88 Å². The predicted molar refractivity (Wildman–Crippen MR) is 119 cm³/mol. The van der Waals surface area contributed by atoms with E-state index in [4.69, 9.17) is 16.3 Å². The number of likely N-dealkylation sites (tertiary alicyclic amines) is 1. The van der Waals surface area contributed by atoms with Gasteiger partial charge in [0.25, 0.3) is 0 Å². The highest BCUT2D eigenvalue weighted by atomic mass is 35.5. The molecule has 2 aliphatic rings. The smallest absolute Gasteiger partial charge is 0.320 e. The van der Waals surface area contributed by atoms with Gasteiger partial charge in [-0.25, -0.2) is 0 Å². The third kappa shape index (κ3) is 3.55. The van der Waals surface area contributed by atoms with Crippen molar-refractivity contribution in [3.05, 3.63) is 52.7 Å². The van der Waals surface area contributed by atoms with Crippen molar-refractivity contribution in [1.82, 2.24) is 14.9 Å². The van der Waals surface area contributed by atoms with E-state index in [2.05, 4.69) is 45.0 Å². The van der Waals surface area contributed by atoms with Crippen LogP contribution < -0.4 is 9.64 Å². The number of halogens is 1. The van der Waals surface area contributed by atoms with Crippen molar-refractivity contribution >= 4 is 28.1 Å². The number of anilines is 1. The van der Waals surface area contributed by atoms with Crippen LogP contribution in [0.4, 0.5) is 5.69 Å². The monoisotopic (exact) mass is 424 g/mol. The van der Waals surface area contributed by atoms with Crippen LogP contribution in [0.25, 0.3) is 10.8 Å². The van der Waals surface area contributed by atoms with E-state index < -0.39 is 0 Å². The van der Waals surface area contributed by atoms with E-state index in [-0.39, 0.29) is 11.9 Å². The zero-order chi connectivity index (χ0) is 20.7. The summed E-state index contributed by atoms with van der Waals surface area (Å²) < 4.78 is 5.87. The summed E-state index contributed by atoms with van der Waals surface area (Å²) in [4.78, 5) is 13.4. The lowest BCUT2D eigenvalue weighted by Crippen LogP contribution is -2.32. The number of hydrogen-bond donors (Lipinski definition) is 1. The molecule has 0 amide bonds. The van der Waals surface area contributed by atoms with E-state index in [1.54, 1.807) is 0 Å². The molecule has 3 heterocycles. The SMILES string of the molecule is CN1CCC[C@H]1COc1nc(O)c2c(n1)CN(c1cccc3cccc(Cl)c13)CC2. The highest BCUT2D eigenvalue weighted by molar-refractivity contribution is 6.36. The Morgan fingerprint density at radius 2 is 2.00 bits per heavy atom. The van der Waals surface area contributed by atoms with Crippen LogP contribution in [0.5, 0.6) is 11.9 Å². The highest BCUT2D eigenvalue weighted by Crippen LogP contribution is 2.36. The Morgan fingerprint density at radius 3 is 2.80 bits per heavy atom. The normalized spacial score (nSPS) is 19.3. The van der Waals surface area contributed by atoms with E-state index in [9.17, 15) is 5.11 Å². The molecule has 1 saturated heterocycles. The van der Waals surface area contributed by atoms with Gasteiger partial charge in [-0.2, -0.15) is 9.97 Å². The molecule has 5 rings (SSSR count). The molecule has 1 atom stereocenters. The molecule has 156 valence electrons. The van der Waals surface area contributed by atoms with Crippen molar-refractivity contribution in [2.75, 3.05) is 31.6 Å². The molecule has 2 aromatic carbocycles. The van der Waals surface area contributed by atoms with E-state index in [0.717, 1.165) is 52.3 Å². The van der Waals surface area contributed by atoms with E-state index in [1.165, 1.54) is 6.42 Å². The third-order valence-electron chi connectivity index (χ3n) is 6.27. The number of rotatable bonds is 4. The maximum Gasteiger partial charge on any atom is 0.320 e. The molecule has 0 unspecified atom stereocenters. The fraction of sp³-hybridized carbons (Fsp3) is 0.391. The zero-order valence-electron chi connectivity index (χ0n) is 17.0. The first-order chi connectivity index (χ1) is 14.6. The standard InChI is InChI=1S/C23H25ClN4O2/c1-27-11-4-7-16(27)14-30-23-25-19-13-28(12-10-17(19)22(29)26-23)20-9-3-6-15-5-2-8-18(24)21(15)20/h2-3,5-6,8-9,16H,4,7,10-14H2,1H3,(H,25,26,29)/t16-/m0/s1. The number of benzene rings is 2. The number of aromatic hydroxyl groups is 1. The average molecular weight is 425 g/mol. The molecule has 1 aromatic heterocycles. The number of hydrogen-bond acceptors (Lipinski definition) is 6. The molecule has 7 heteroatoms. The number of ether oxygens (including phenoxy) is 1. The maximum atomic E-state index is 10.5. The van der Waals surface area contributed by atoms with Crippen molar-refractivity contribution < 1.29 is 9.84 Å². The van der Waals surface area contributed by atoms with Crippen molar-refractivity contribution in [1.29, 1.82) is 0 Å². The van der Waals surface area contributed by atoms with Crippen LogP contribution in [0.15, 0.2) is 36.4 Å². The quantitative estimate of drug-likeness (QED) is 0.682. The lowest BCUT2D eigenvalue weighted by atomic mass is 10.0. The Labute approximate surface area is 181 Å². The Morgan fingerprint density at radius 1 is 1.17 bits per heavy atom. The Kier molecular flexibility index (Phi) is 5.13. The minimum Gasteiger partial charge on any atom is -0.493 e. The van der Waals surface area contributed by atoms with E-state index >= 15 is 0 Å². The van der Waals surface area contributed by atoms with Gasteiger partial charge < -0.3 is 19.6 Å². The average Bonchev–Trinajstić information content (AvgIpc) is 3.16. The van der Waals surface area contributed by atoms with Crippen LogP contribution >= 0.6 is 11.6 Å². The van der Waals surface area contributed by atoms with E-state index in [0.29, 0.717) is 25.6 Å². The van der Waals surface area contributed by atoms with Crippen molar-refractivity contribution in [3.63, 3.8) is 0 Å². The second-order valence-corrected chi connectivity index (χ2v) is 8.54. The van der Waals surface area contributed by atoms with Gasteiger partial charge in [-0.1, -0.05) is 35.9 Å². The van der Waals surface area contributed by atoms with Gasteiger partial charge >= 0.3 is 6.01 Å². The van der Waals surface area contributed by atoms with Crippen LogP contribution in [0.1, 0.15) is 24.1 Å². The van der Waals surface area contributed by atoms with Crippen molar-refractivity contribution in [2.24, 2.45) is 0 Å². The molecule has 1 N–H and O–H groups in total. The maximum absolute atomic E-state index is 10.5. The lowest BCUT2D eigenvalue weighted by Gasteiger charge is -2.31. The zero-order valence-corrected chi connectivity index (χ0v) is 17.8. The molecule has 2 aliphatic heterocycles. The first-order valence-corrected chi connectivity index (χ1v) is 10.8. The summed E-state index contributed by atoms with van der Waals surface area (Å²) in [7, 11) is 2.11. The van der Waals surface area contributed by atoms with Crippen LogP contribution in [0.3, 0.4) is 0 Å². The Hall–Kier alpha value is -2.57. The van der Waals surface area contributed by atoms with Gasteiger partial charge in [-0.15, -0.1) is 0 Å². The highest BCUT2D eigenvalue weighted by Gasteiger charge is 2.26. The summed E-state index contributed by atoms with van der Waals surface area (Å²) in [5.41, 5.74) is 2.70. The van der Waals surface area contributed by atoms with Crippen LogP contribution in [-0.4, -0.2) is 52.8 Å². The van der Waals surface area contributed by atoms with Gasteiger partial charge in [-0.3, -0.25) is 0 Å². The molecule has 30 heavy (non-hydrogen) atoms. The molecule has 0 spiro atoms. The van der Waals surface area contributed by atoms with Crippen LogP contribution in [0, 0.1) is 0 Å². The number of nitrogens with zero attached hydrogens (tertiary/aromatic N) is 4. The van der Waals surface area contributed by atoms with Crippen LogP contribution in [0.2, 0.25) is 5.02 Å². The molecular weight excluding hydrogens is 400 g/mol. The minimum atomic E-state index is 0.0328. The Bertz CT molecular complexity index is 1080. The predicted octanol–water partition coefficient (Wildman–Crippen LogP) is 4.02. The molecule has 6 nitrogen and oxygen atoms in total. The third-order valence-corrected chi connectivity index (χ3v) is 6.59. The van der Waals surface area contributed by atoms with Crippen molar-refractivity contribution in [2.45, 2.75) is 31.8 Å². The van der Waals surface area contributed by atoms with Gasteiger partial charge in [0.15, 0.2) is 0 Å². The largest absolute Gasteiger partial charge is 0.493 e. The number of fused-ring (bicyclic) bond motifs is 2. The topological polar surface area (TPSA) is 61.7 Å². The molecular formula is C23H25ClN4O2. The van der Waals surface area contributed by atoms with Gasteiger partial charge in [0.1, 0.15) is 6.61 Å². The second kappa shape index (κ2) is 7.93. The van der Waals surface area contributed by atoms with Gasteiger partial charge in [0, 0.05) is 29.2 Å². The lowest BCUT2D eigenvalue weighted by molar-refractivity contribution is 0.185. The van der Waals surface area contributed by atoms with E-state index in [1.807, 2.05) is 18.2 Å².